The molecule has 0 bridgehead atoms. The molecule has 9 nitrogen and oxygen atoms in total. The van der Waals surface area contributed by atoms with E-state index in [1.807, 2.05) is 0 Å². The number of nitrogen functional groups attached to an aromatic ring is 1. The van der Waals surface area contributed by atoms with Gasteiger partial charge in [-0.15, -0.1) is 0 Å². The largest absolute Gasteiger partial charge is 0.451 e. The van der Waals surface area contributed by atoms with Crippen LogP contribution in [0.5, 0.6) is 0 Å². The van der Waals surface area contributed by atoms with Crippen LogP contribution in [0.1, 0.15) is 29.2 Å². The number of nitrogens with two attached hydrogens (primary N) is 1. The summed E-state index contributed by atoms with van der Waals surface area (Å²) in [5.74, 6) is -0.0350. The number of aromatic nitrogens is 3. The van der Waals surface area contributed by atoms with E-state index in [0.717, 1.165) is 6.26 Å². The summed E-state index contributed by atoms with van der Waals surface area (Å²) in [6, 6.07) is 5.47. The number of rotatable bonds is 5. The Morgan fingerprint density at radius 2 is 1.76 bits per heavy atom. The van der Waals surface area contributed by atoms with E-state index in [9.17, 15) is 13.2 Å². The summed E-state index contributed by atoms with van der Waals surface area (Å²) >= 11 is 0. The first-order valence-electron chi connectivity index (χ1n) is 7.28. The molecule has 1 unspecified atom stereocenters. The molecule has 0 aliphatic carbocycles. The molecule has 2 aromatic rings. The lowest BCUT2D eigenvalue weighted by molar-refractivity contribution is 0.0319. The highest BCUT2D eigenvalue weighted by atomic mass is 32.2. The quantitative estimate of drug-likeness (QED) is 0.766. The zero-order valence-electron chi connectivity index (χ0n) is 14.3. The van der Waals surface area contributed by atoms with E-state index in [4.69, 9.17) is 10.5 Å². The van der Waals surface area contributed by atoms with Crippen LogP contribution in [0.2, 0.25) is 0 Å². The van der Waals surface area contributed by atoms with Crippen LogP contribution >= 0.6 is 0 Å². The number of anilines is 2. The van der Waals surface area contributed by atoms with Gasteiger partial charge in [0.15, 0.2) is 21.8 Å². The number of hydrogen-bond acceptors (Lipinski definition) is 9. The number of carbonyl (C=O) groups is 1. The zero-order valence-corrected chi connectivity index (χ0v) is 15.1. The van der Waals surface area contributed by atoms with Crippen molar-refractivity contribution in [1.29, 1.82) is 0 Å². The molecule has 1 heterocycles. The third kappa shape index (κ3) is 4.63. The monoisotopic (exact) mass is 365 g/mol. The average molecular weight is 365 g/mol. The molecule has 0 amide bonds. The van der Waals surface area contributed by atoms with Gasteiger partial charge in [0, 0.05) is 20.4 Å². The number of hydrogen-bond donors (Lipinski definition) is 1. The van der Waals surface area contributed by atoms with E-state index >= 15 is 0 Å². The van der Waals surface area contributed by atoms with Gasteiger partial charge >= 0.3 is 5.97 Å². The van der Waals surface area contributed by atoms with Gasteiger partial charge in [-0.3, -0.25) is 0 Å². The van der Waals surface area contributed by atoms with Crippen molar-refractivity contribution in [3.8, 4) is 0 Å². The number of ether oxygens (including phenoxy) is 1. The second-order valence-corrected chi connectivity index (χ2v) is 7.61. The minimum Gasteiger partial charge on any atom is -0.451 e. The predicted octanol–water partition coefficient (Wildman–Crippen LogP) is 0.841. The van der Waals surface area contributed by atoms with E-state index in [0.29, 0.717) is 5.95 Å². The summed E-state index contributed by atoms with van der Waals surface area (Å²) in [5.41, 5.74) is 5.86. The van der Waals surface area contributed by atoms with Gasteiger partial charge in [-0.05, 0) is 31.2 Å². The molecular weight excluding hydrogens is 346 g/mol. The minimum atomic E-state index is -3.33. The van der Waals surface area contributed by atoms with Gasteiger partial charge in [0.05, 0.1) is 10.5 Å². The summed E-state index contributed by atoms with van der Waals surface area (Å²) < 4.78 is 28.2. The molecule has 1 aromatic heterocycles. The lowest BCUT2D eigenvalue weighted by atomic mass is 10.2. The van der Waals surface area contributed by atoms with Crippen LogP contribution in [0, 0.1) is 0 Å². The number of esters is 1. The molecule has 1 aromatic carbocycles. The number of sulfone groups is 1. The smallest absolute Gasteiger partial charge is 0.338 e. The predicted molar refractivity (Wildman–Crippen MR) is 91.9 cm³/mol. The summed E-state index contributed by atoms with van der Waals surface area (Å²) in [6.07, 6.45) is 0.335. The molecule has 2 N–H and O–H groups in total. The third-order valence-electron chi connectivity index (χ3n) is 3.22. The fourth-order valence-corrected chi connectivity index (χ4v) is 2.53. The van der Waals surface area contributed by atoms with Crippen LogP contribution in [0.25, 0.3) is 0 Å². The molecule has 25 heavy (non-hydrogen) atoms. The van der Waals surface area contributed by atoms with Crippen LogP contribution in [0.3, 0.4) is 0 Å². The molecular formula is C15H19N5O4S. The number of carbonyl (C=O) groups excluding carboxylic acids is 1. The van der Waals surface area contributed by atoms with E-state index < -0.39 is 21.9 Å². The highest BCUT2D eigenvalue weighted by Crippen LogP contribution is 2.18. The van der Waals surface area contributed by atoms with Crippen molar-refractivity contribution in [2.24, 2.45) is 0 Å². The highest BCUT2D eigenvalue weighted by molar-refractivity contribution is 7.90. The molecule has 1 atom stereocenters. The fourth-order valence-electron chi connectivity index (χ4n) is 1.90. The summed E-state index contributed by atoms with van der Waals surface area (Å²) in [7, 11) is 0.171. The van der Waals surface area contributed by atoms with Crippen molar-refractivity contribution >= 4 is 27.7 Å². The maximum atomic E-state index is 12.2. The number of nitrogens with zero attached hydrogens (tertiary/aromatic N) is 4. The molecule has 2 rings (SSSR count). The molecule has 134 valence electrons. The molecule has 0 aliphatic rings. The van der Waals surface area contributed by atoms with Crippen LogP contribution in [-0.2, 0) is 14.6 Å². The van der Waals surface area contributed by atoms with Gasteiger partial charge in [0.25, 0.3) is 0 Å². The van der Waals surface area contributed by atoms with Crippen molar-refractivity contribution in [3.63, 3.8) is 0 Å². The molecule has 0 radical (unpaired) electrons. The summed E-state index contributed by atoms with van der Waals surface area (Å²) in [6.45, 7) is 1.61. The van der Waals surface area contributed by atoms with Crippen LogP contribution in [0.15, 0.2) is 29.2 Å². The molecule has 0 spiro atoms. The lowest BCUT2D eigenvalue weighted by Crippen LogP contribution is -2.18. The Morgan fingerprint density at radius 1 is 1.16 bits per heavy atom. The Kier molecular flexibility index (Phi) is 5.21. The molecule has 0 saturated heterocycles. The maximum absolute atomic E-state index is 12.2. The minimum absolute atomic E-state index is 0.0223. The Labute approximate surface area is 145 Å². The van der Waals surface area contributed by atoms with Crippen LogP contribution in [0.4, 0.5) is 11.9 Å². The third-order valence-corrected chi connectivity index (χ3v) is 4.35. The lowest BCUT2D eigenvalue weighted by Gasteiger charge is -2.15. The van der Waals surface area contributed by atoms with Crippen molar-refractivity contribution in [1.82, 2.24) is 15.0 Å². The van der Waals surface area contributed by atoms with Crippen molar-refractivity contribution < 1.29 is 17.9 Å². The fraction of sp³-hybridized carbons (Fsp3) is 0.333. The number of benzene rings is 1. The maximum Gasteiger partial charge on any atom is 0.338 e. The zero-order chi connectivity index (χ0) is 18.8. The van der Waals surface area contributed by atoms with Gasteiger partial charge in [-0.1, -0.05) is 0 Å². The first-order valence-corrected chi connectivity index (χ1v) is 9.17. The van der Waals surface area contributed by atoms with E-state index in [-0.39, 0.29) is 22.2 Å². The molecule has 0 saturated carbocycles. The highest BCUT2D eigenvalue weighted by Gasteiger charge is 2.19. The first-order chi connectivity index (χ1) is 11.6. The van der Waals surface area contributed by atoms with Gasteiger partial charge in [0.1, 0.15) is 0 Å². The Bertz CT molecular complexity index is 881. The second-order valence-electron chi connectivity index (χ2n) is 5.59. The average Bonchev–Trinajstić information content (AvgIpc) is 2.53. The van der Waals surface area contributed by atoms with Crippen molar-refractivity contribution in [3.05, 3.63) is 35.7 Å². The second kappa shape index (κ2) is 7.01. The molecule has 0 fully saturated rings. The Morgan fingerprint density at radius 3 is 2.28 bits per heavy atom. The Hall–Kier alpha value is -2.75. The summed E-state index contributed by atoms with van der Waals surface area (Å²) in [4.78, 5) is 26.1. The van der Waals surface area contributed by atoms with E-state index in [2.05, 4.69) is 15.0 Å². The van der Waals surface area contributed by atoms with Crippen molar-refractivity contribution in [2.45, 2.75) is 17.9 Å². The van der Waals surface area contributed by atoms with Gasteiger partial charge in [-0.2, -0.15) is 15.0 Å². The Balaban J connectivity index is 2.17. The SMILES string of the molecule is CC(OC(=O)c1ccc(S(C)(=O)=O)cc1)c1nc(N)nc(N(C)C)n1. The molecule has 10 heteroatoms. The first kappa shape index (κ1) is 18.6. The standard InChI is InChI=1S/C15H19N5O4S/c1-9(12-17-14(16)19-15(18-12)20(2)3)24-13(21)10-5-7-11(8-6-10)25(4,22)23/h5-9H,1-4H3,(H2,16,17,18,19). The van der Waals surface area contributed by atoms with E-state index in [1.165, 1.54) is 24.3 Å². The van der Waals surface area contributed by atoms with Crippen LogP contribution in [-0.4, -0.2) is 49.7 Å². The van der Waals surface area contributed by atoms with Crippen molar-refractivity contribution in [2.75, 3.05) is 31.0 Å². The molecule has 0 aliphatic heterocycles. The summed E-state index contributed by atoms with van der Waals surface area (Å²) in [5, 5.41) is 0. The van der Waals surface area contributed by atoms with Gasteiger partial charge < -0.3 is 15.4 Å². The normalized spacial score (nSPS) is 12.5. The van der Waals surface area contributed by atoms with Crippen LogP contribution < -0.4 is 10.6 Å². The topological polar surface area (TPSA) is 128 Å². The van der Waals surface area contributed by atoms with Gasteiger partial charge in [-0.25, -0.2) is 13.2 Å². The van der Waals surface area contributed by atoms with Gasteiger partial charge in [0.2, 0.25) is 11.9 Å². The van der Waals surface area contributed by atoms with E-state index in [1.54, 1.807) is 25.9 Å².